The quantitative estimate of drug-likeness (QED) is 0.588. The van der Waals surface area contributed by atoms with Gasteiger partial charge in [0, 0.05) is 6.04 Å². The molecule has 0 fully saturated rings. The molecule has 0 saturated heterocycles. The largest absolute Gasteiger partial charge is 0.463 e. The molecular formula is C10H18AlN. The van der Waals surface area contributed by atoms with Gasteiger partial charge < -0.3 is 3.88 Å². The van der Waals surface area contributed by atoms with Crippen LogP contribution in [0.5, 0.6) is 0 Å². The van der Waals surface area contributed by atoms with Crippen LogP contribution in [0.4, 0.5) is 0 Å². The van der Waals surface area contributed by atoms with Gasteiger partial charge in [-0.2, -0.15) is 0 Å². The van der Waals surface area contributed by atoms with Gasteiger partial charge in [0.15, 0.2) is 0 Å². The molecule has 0 bridgehead atoms. The van der Waals surface area contributed by atoms with Crippen LogP contribution in [0.25, 0.3) is 0 Å². The first kappa shape index (κ1) is 9.90. The summed E-state index contributed by atoms with van der Waals surface area (Å²) in [5, 5.41) is 0. The predicted octanol–water partition coefficient (Wildman–Crippen LogP) is 2.33. The Labute approximate surface area is 82.1 Å². The molecule has 1 aliphatic heterocycles. The zero-order valence-corrected chi connectivity index (χ0v) is 10.0. The van der Waals surface area contributed by atoms with Gasteiger partial charge in [0.05, 0.1) is 0 Å². The summed E-state index contributed by atoms with van der Waals surface area (Å²) < 4.78 is 2.61. The van der Waals surface area contributed by atoms with Crippen molar-refractivity contribution in [2.24, 2.45) is 0 Å². The third kappa shape index (κ3) is 1.76. The van der Waals surface area contributed by atoms with Crippen LogP contribution in [0.15, 0.2) is 23.4 Å². The fourth-order valence-electron chi connectivity index (χ4n) is 1.78. The molecule has 0 saturated carbocycles. The van der Waals surface area contributed by atoms with Gasteiger partial charge in [-0.25, -0.2) is 0 Å². The van der Waals surface area contributed by atoms with Crippen molar-refractivity contribution in [3.8, 4) is 0 Å². The Morgan fingerprint density at radius 1 is 1.50 bits per heavy atom. The molecule has 66 valence electrons. The van der Waals surface area contributed by atoms with E-state index in [1.807, 2.05) is 0 Å². The van der Waals surface area contributed by atoms with Crippen LogP contribution >= 0.6 is 0 Å². The lowest BCUT2D eigenvalue weighted by atomic mass is 10.1. The molecule has 0 N–H and O–H groups in total. The molecule has 0 radical (unpaired) electrons. The van der Waals surface area contributed by atoms with E-state index in [2.05, 4.69) is 42.6 Å². The fourth-order valence-corrected chi connectivity index (χ4v) is 3.36. The van der Waals surface area contributed by atoms with Gasteiger partial charge in [-0.3, -0.25) is 0 Å². The lowest BCUT2D eigenvalue weighted by Crippen LogP contribution is -2.36. The van der Waals surface area contributed by atoms with Gasteiger partial charge in [0.25, 0.3) is 0 Å². The van der Waals surface area contributed by atoms with Crippen LogP contribution in [0, 0.1) is 0 Å². The van der Waals surface area contributed by atoms with Gasteiger partial charge in [-0.15, -0.1) is 0 Å². The smallest absolute Gasteiger partial charge is 0.385 e. The molecular weight excluding hydrogens is 161 g/mol. The Bertz CT molecular complexity index is 218. The van der Waals surface area contributed by atoms with Gasteiger partial charge in [-0.05, 0) is 31.5 Å². The number of rotatable bonds is 2. The highest BCUT2D eigenvalue weighted by Crippen LogP contribution is 2.21. The number of hydrogen-bond acceptors (Lipinski definition) is 1. The molecule has 0 aromatic heterocycles. The Balaban J connectivity index is 2.85. The highest BCUT2D eigenvalue weighted by Gasteiger charge is 2.17. The van der Waals surface area contributed by atoms with E-state index in [4.69, 9.17) is 0 Å². The fraction of sp³-hybridized carbons (Fsp3) is 0.600. The van der Waals surface area contributed by atoms with Crippen LogP contribution in [-0.2, 0) is 0 Å². The minimum absolute atomic E-state index is 0.0453. The van der Waals surface area contributed by atoms with Crippen LogP contribution in [-0.4, -0.2) is 25.4 Å². The molecule has 0 amide bonds. The van der Waals surface area contributed by atoms with E-state index >= 15 is 0 Å². The molecule has 1 rings (SSSR count). The molecule has 1 atom stereocenters. The van der Waals surface area contributed by atoms with Crippen LogP contribution in [0.3, 0.4) is 0 Å². The first-order valence-corrected chi connectivity index (χ1v) is 6.87. The van der Waals surface area contributed by atoms with Crippen LogP contribution in [0.2, 0.25) is 5.79 Å². The minimum Gasteiger partial charge on any atom is -0.463 e. The lowest BCUT2D eigenvalue weighted by Gasteiger charge is -2.35. The normalized spacial score (nSPS) is 23.3. The summed E-state index contributed by atoms with van der Waals surface area (Å²) in [6, 6.07) is 0.686. The molecule has 0 aliphatic carbocycles. The molecule has 12 heavy (non-hydrogen) atoms. The minimum atomic E-state index is -0.0453. The average Bonchev–Trinajstić information content (AvgIpc) is 2.09. The van der Waals surface area contributed by atoms with Crippen molar-refractivity contribution in [2.75, 3.05) is 0 Å². The standard InChI is InChI=1S/C9H14N.CH3.Al.H/c1-4-9-6-5-7(2)8(3)10-9;;;/h5-6,9H,4H2,1-3H3;1H3;;/q-1;;+1;. The molecule has 1 aliphatic rings. The Kier molecular flexibility index (Phi) is 3.43. The highest BCUT2D eigenvalue weighted by atomic mass is 27.1. The maximum atomic E-state index is 2.61. The zero-order chi connectivity index (χ0) is 9.14. The Morgan fingerprint density at radius 3 is 2.67 bits per heavy atom. The lowest BCUT2D eigenvalue weighted by molar-refractivity contribution is 0.438. The second-order valence-corrected chi connectivity index (χ2v) is 4.70. The van der Waals surface area contributed by atoms with Gasteiger partial charge >= 0.3 is 15.4 Å². The maximum absolute atomic E-state index is 2.61. The monoisotopic (exact) mass is 179 g/mol. The summed E-state index contributed by atoms with van der Waals surface area (Å²) in [5.41, 5.74) is 2.94. The zero-order valence-electron chi connectivity index (χ0n) is 8.59. The van der Waals surface area contributed by atoms with Crippen molar-refractivity contribution in [2.45, 2.75) is 39.0 Å². The summed E-state index contributed by atoms with van der Waals surface area (Å²) in [6.07, 6.45) is 5.85. The molecule has 1 heterocycles. The second kappa shape index (κ2) is 4.16. The van der Waals surface area contributed by atoms with Crippen LogP contribution < -0.4 is 0 Å². The van der Waals surface area contributed by atoms with Gasteiger partial charge in [0.2, 0.25) is 0 Å². The molecule has 2 heteroatoms. The number of hydrogen-bond donors (Lipinski definition) is 0. The predicted molar refractivity (Wildman–Crippen MR) is 56.4 cm³/mol. The summed E-state index contributed by atoms with van der Waals surface area (Å²) in [7, 11) is 0. The van der Waals surface area contributed by atoms with E-state index in [0.717, 1.165) is 0 Å². The Morgan fingerprint density at radius 2 is 2.17 bits per heavy atom. The van der Waals surface area contributed by atoms with Crippen molar-refractivity contribution < 1.29 is 0 Å². The first-order valence-electron chi connectivity index (χ1n) is 4.83. The molecule has 0 aromatic carbocycles. The highest BCUT2D eigenvalue weighted by molar-refractivity contribution is 6.30. The summed E-state index contributed by atoms with van der Waals surface area (Å²) in [4.78, 5) is 0. The third-order valence-corrected chi connectivity index (χ3v) is 4.35. The molecule has 1 nitrogen and oxygen atoms in total. The van der Waals surface area contributed by atoms with Crippen molar-refractivity contribution in [1.29, 1.82) is 0 Å². The molecule has 1 unspecified atom stereocenters. The Hall–Kier alpha value is -0.188. The summed E-state index contributed by atoms with van der Waals surface area (Å²) in [5.74, 6) is 2.36. The average molecular weight is 179 g/mol. The topological polar surface area (TPSA) is 3.24 Å². The molecule has 0 spiro atoms. The van der Waals surface area contributed by atoms with Gasteiger partial charge in [-0.1, -0.05) is 24.9 Å². The van der Waals surface area contributed by atoms with E-state index < -0.39 is 0 Å². The van der Waals surface area contributed by atoms with Crippen molar-refractivity contribution >= 4 is 15.4 Å². The van der Waals surface area contributed by atoms with Crippen LogP contribution in [0.1, 0.15) is 27.2 Å². The van der Waals surface area contributed by atoms with Crippen molar-refractivity contribution in [3.63, 3.8) is 0 Å². The van der Waals surface area contributed by atoms with Gasteiger partial charge in [0.1, 0.15) is 0 Å². The van der Waals surface area contributed by atoms with E-state index in [1.54, 1.807) is 0 Å². The number of allylic oxidation sites excluding steroid dienone is 3. The van der Waals surface area contributed by atoms with Crippen molar-refractivity contribution in [1.82, 2.24) is 3.88 Å². The first-order chi connectivity index (χ1) is 5.70. The molecule has 0 aromatic rings. The number of nitrogens with zero attached hydrogens (tertiary/aromatic N) is 1. The van der Waals surface area contributed by atoms with E-state index in [9.17, 15) is 0 Å². The summed E-state index contributed by atoms with van der Waals surface area (Å²) >= 11 is -0.0453. The van der Waals surface area contributed by atoms with E-state index in [-0.39, 0.29) is 15.4 Å². The van der Waals surface area contributed by atoms with E-state index in [1.165, 1.54) is 17.7 Å². The summed E-state index contributed by atoms with van der Waals surface area (Å²) in [6.45, 7) is 6.72. The maximum Gasteiger partial charge on any atom is 0.385 e. The second-order valence-electron chi connectivity index (χ2n) is 3.39. The van der Waals surface area contributed by atoms with E-state index in [0.29, 0.717) is 6.04 Å². The third-order valence-electron chi connectivity index (χ3n) is 2.73. The SMILES string of the molecule is CCC1C=CC(C)=C(C)[N]1[AlH][CH3]. The van der Waals surface area contributed by atoms with Crippen molar-refractivity contribution in [3.05, 3.63) is 23.4 Å².